The minimum atomic E-state index is -2.48. The molecule has 3 aliphatic rings. The van der Waals surface area contributed by atoms with E-state index in [1.807, 2.05) is 0 Å². The van der Waals surface area contributed by atoms with E-state index in [2.05, 4.69) is 6.92 Å². The van der Waals surface area contributed by atoms with Crippen LogP contribution >= 0.6 is 0 Å². The lowest BCUT2D eigenvalue weighted by Gasteiger charge is -2.47. The Morgan fingerprint density at radius 3 is 2.78 bits per heavy atom. The van der Waals surface area contributed by atoms with Crippen molar-refractivity contribution in [3.63, 3.8) is 0 Å². The van der Waals surface area contributed by atoms with Crippen LogP contribution in [0.3, 0.4) is 0 Å². The molecule has 2 saturated carbocycles. The van der Waals surface area contributed by atoms with E-state index in [-0.39, 0.29) is 37.3 Å². The Balaban J connectivity index is 1.58. The van der Waals surface area contributed by atoms with Crippen LogP contribution in [-0.4, -0.2) is 29.2 Å². The van der Waals surface area contributed by atoms with Crippen molar-refractivity contribution < 1.29 is 23.4 Å². The SMILES string of the molecule is CC1CCC2CC(F)(F)CCC2C1CCC1CC(O)CC(=O)O1. The summed E-state index contributed by atoms with van der Waals surface area (Å²) in [6.07, 6.45) is 4.12. The lowest BCUT2D eigenvalue weighted by Crippen LogP contribution is -2.42. The molecule has 0 aromatic carbocycles. The molecule has 1 saturated heterocycles. The molecular formula is C18H28F2O3. The minimum absolute atomic E-state index is 0.0223. The van der Waals surface area contributed by atoms with Crippen LogP contribution in [0.25, 0.3) is 0 Å². The van der Waals surface area contributed by atoms with Crippen LogP contribution in [0.2, 0.25) is 0 Å². The Morgan fingerprint density at radius 1 is 1.26 bits per heavy atom. The van der Waals surface area contributed by atoms with Crippen molar-refractivity contribution in [2.75, 3.05) is 0 Å². The van der Waals surface area contributed by atoms with Gasteiger partial charge < -0.3 is 9.84 Å². The molecule has 3 fully saturated rings. The highest BCUT2D eigenvalue weighted by Gasteiger charge is 2.47. The third kappa shape index (κ3) is 4.04. The van der Waals surface area contributed by atoms with Gasteiger partial charge >= 0.3 is 5.97 Å². The second-order valence-electron chi connectivity index (χ2n) is 8.02. The molecule has 1 aliphatic heterocycles. The van der Waals surface area contributed by atoms with Crippen LogP contribution in [0.1, 0.15) is 64.7 Å². The predicted octanol–water partition coefficient (Wildman–Crippen LogP) is 3.93. The Bertz CT molecular complexity index is 440. The highest BCUT2D eigenvalue weighted by atomic mass is 19.3. The van der Waals surface area contributed by atoms with Gasteiger partial charge in [0.05, 0.1) is 12.5 Å². The van der Waals surface area contributed by atoms with E-state index in [1.54, 1.807) is 0 Å². The van der Waals surface area contributed by atoms with Crippen molar-refractivity contribution in [2.45, 2.75) is 82.8 Å². The average molecular weight is 330 g/mol. The predicted molar refractivity (Wildman–Crippen MR) is 82.0 cm³/mol. The number of cyclic esters (lactones) is 1. The van der Waals surface area contributed by atoms with Crippen molar-refractivity contribution in [3.05, 3.63) is 0 Å². The van der Waals surface area contributed by atoms with Gasteiger partial charge in [-0.05, 0) is 49.4 Å². The lowest BCUT2D eigenvalue weighted by molar-refractivity contribution is -0.161. The van der Waals surface area contributed by atoms with Gasteiger partial charge in [0.25, 0.3) is 0 Å². The molecule has 0 radical (unpaired) electrons. The summed E-state index contributed by atoms with van der Waals surface area (Å²) in [7, 11) is 0. The third-order valence-electron chi connectivity index (χ3n) is 6.34. The fourth-order valence-electron chi connectivity index (χ4n) is 5.16. The summed E-state index contributed by atoms with van der Waals surface area (Å²) in [5.74, 6) is -1.26. The van der Waals surface area contributed by atoms with Crippen molar-refractivity contribution in [2.24, 2.45) is 23.7 Å². The molecule has 0 aromatic rings. The van der Waals surface area contributed by atoms with E-state index >= 15 is 0 Å². The van der Waals surface area contributed by atoms with Gasteiger partial charge in [0, 0.05) is 19.3 Å². The highest BCUT2D eigenvalue weighted by molar-refractivity contribution is 5.70. The zero-order valence-corrected chi connectivity index (χ0v) is 13.8. The second kappa shape index (κ2) is 6.66. The number of hydrogen-bond donors (Lipinski definition) is 1. The van der Waals surface area contributed by atoms with E-state index in [1.165, 1.54) is 0 Å². The van der Waals surface area contributed by atoms with Crippen molar-refractivity contribution in [1.29, 1.82) is 0 Å². The van der Waals surface area contributed by atoms with Gasteiger partial charge in [-0.1, -0.05) is 13.3 Å². The summed E-state index contributed by atoms with van der Waals surface area (Å²) in [6, 6.07) is 0. The number of alkyl halides is 2. The first kappa shape index (κ1) is 17.1. The van der Waals surface area contributed by atoms with Crippen LogP contribution in [0, 0.1) is 23.7 Å². The summed E-state index contributed by atoms with van der Waals surface area (Å²) in [5.41, 5.74) is 0. The quantitative estimate of drug-likeness (QED) is 0.798. The lowest BCUT2D eigenvalue weighted by atomic mass is 9.60. The van der Waals surface area contributed by atoms with Gasteiger partial charge in [-0.2, -0.15) is 0 Å². The Kier molecular flexibility index (Phi) is 4.96. The summed E-state index contributed by atoms with van der Waals surface area (Å²) in [6.45, 7) is 2.23. The molecular weight excluding hydrogens is 302 g/mol. The molecule has 6 atom stereocenters. The number of fused-ring (bicyclic) bond motifs is 1. The molecule has 0 aromatic heterocycles. The first-order chi connectivity index (χ1) is 10.8. The topological polar surface area (TPSA) is 46.5 Å². The van der Waals surface area contributed by atoms with Gasteiger partial charge in [0.1, 0.15) is 6.10 Å². The maximum absolute atomic E-state index is 13.7. The molecule has 1 N–H and O–H groups in total. The minimum Gasteiger partial charge on any atom is -0.462 e. The van der Waals surface area contributed by atoms with Gasteiger partial charge in [0.15, 0.2) is 0 Å². The molecule has 2 aliphatic carbocycles. The summed E-state index contributed by atoms with van der Waals surface area (Å²) >= 11 is 0. The Morgan fingerprint density at radius 2 is 2.04 bits per heavy atom. The molecule has 0 bridgehead atoms. The fraction of sp³-hybridized carbons (Fsp3) is 0.944. The zero-order valence-electron chi connectivity index (χ0n) is 13.8. The molecule has 5 heteroatoms. The van der Waals surface area contributed by atoms with E-state index < -0.39 is 12.0 Å². The monoisotopic (exact) mass is 330 g/mol. The first-order valence-corrected chi connectivity index (χ1v) is 9.09. The highest BCUT2D eigenvalue weighted by Crippen LogP contribution is 2.51. The molecule has 1 heterocycles. The normalized spacial score (nSPS) is 43.6. The Hall–Kier alpha value is -0.710. The zero-order chi connectivity index (χ0) is 16.6. The number of esters is 1. The smallest absolute Gasteiger partial charge is 0.308 e. The number of carbonyl (C=O) groups excluding carboxylic acids is 1. The van der Waals surface area contributed by atoms with Crippen LogP contribution in [-0.2, 0) is 9.53 Å². The van der Waals surface area contributed by atoms with Crippen molar-refractivity contribution in [3.8, 4) is 0 Å². The molecule has 3 rings (SSSR count). The maximum atomic E-state index is 13.7. The number of aliphatic hydroxyl groups excluding tert-OH is 1. The second-order valence-corrected chi connectivity index (χ2v) is 8.02. The molecule has 6 unspecified atom stereocenters. The van der Waals surface area contributed by atoms with Crippen molar-refractivity contribution in [1.82, 2.24) is 0 Å². The summed E-state index contributed by atoms with van der Waals surface area (Å²) < 4.78 is 32.7. The number of rotatable bonds is 3. The first-order valence-electron chi connectivity index (χ1n) is 9.09. The van der Waals surface area contributed by atoms with Gasteiger partial charge in [-0.25, -0.2) is 8.78 Å². The Labute approximate surface area is 136 Å². The molecule has 132 valence electrons. The van der Waals surface area contributed by atoms with Crippen LogP contribution in [0.4, 0.5) is 8.78 Å². The van der Waals surface area contributed by atoms with Gasteiger partial charge in [0.2, 0.25) is 5.92 Å². The third-order valence-corrected chi connectivity index (χ3v) is 6.34. The number of ether oxygens (including phenoxy) is 1. The van der Waals surface area contributed by atoms with Crippen LogP contribution in [0.5, 0.6) is 0 Å². The average Bonchev–Trinajstić information content (AvgIpc) is 2.44. The largest absolute Gasteiger partial charge is 0.462 e. The number of carbonyl (C=O) groups is 1. The standard InChI is InChI=1S/C18H28F2O3/c1-11-2-3-12-10-18(19,20)7-6-16(12)15(11)5-4-14-8-13(21)9-17(22)23-14/h11-16,21H,2-10H2,1H3. The van der Waals surface area contributed by atoms with Crippen LogP contribution in [0.15, 0.2) is 0 Å². The van der Waals surface area contributed by atoms with E-state index in [0.29, 0.717) is 30.6 Å². The molecule has 0 amide bonds. The van der Waals surface area contributed by atoms with E-state index in [4.69, 9.17) is 4.74 Å². The number of aliphatic hydroxyl groups is 1. The van der Waals surface area contributed by atoms with Crippen LogP contribution < -0.4 is 0 Å². The number of halogens is 2. The molecule has 3 nitrogen and oxygen atoms in total. The van der Waals surface area contributed by atoms with Crippen molar-refractivity contribution >= 4 is 5.97 Å². The number of hydrogen-bond acceptors (Lipinski definition) is 3. The molecule has 23 heavy (non-hydrogen) atoms. The van der Waals surface area contributed by atoms with Gasteiger partial charge in [-0.3, -0.25) is 4.79 Å². The maximum Gasteiger partial charge on any atom is 0.308 e. The van der Waals surface area contributed by atoms with E-state index in [9.17, 15) is 18.7 Å². The summed E-state index contributed by atoms with van der Waals surface area (Å²) in [5, 5.41) is 9.70. The van der Waals surface area contributed by atoms with Gasteiger partial charge in [-0.15, -0.1) is 0 Å². The fourth-order valence-corrected chi connectivity index (χ4v) is 5.16. The van der Waals surface area contributed by atoms with E-state index in [0.717, 1.165) is 25.7 Å². The summed E-state index contributed by atoms with van der Waals surface area (Å²) in [4.78, 5) is 11.4. The molecule has 0 spiro atoms.